The highest BCUT2D eigenvalue weighted by molar-refractivity contribution is 5.90. The van der Waals surface area contributed by atoms with Gasteiger partial charge in [0.1, 0.15) is 35.7 Å². The number of aliphatic hydroxyl groups excluding tert-OH is 4. The first-order valence-electron chi connectivity index (χ1n) is 6.25. The second-order valence-electron chi connectivity index (χ2n) is 4.62. The molecule has 1 saturated heterocycles. The number of rotatable bonds is 4. The number of carboxylic acids is 1. The number of carboxylic acid groups (broad SMARTS) is 1. The molecule has 0 amide bonds. The molecule has 0 bridgehead atoms. The van der Waals surface area contributed by atoms with Gasteiger partial charge in [-0.1, -0.05) is 12.1 Å². The minimum Gasteiger partial charge on any atom is -0.478 e. The summed E-state index contributed by atoms with van der Waals surface area (Å²) >= 11 is 0. The number of hydrogen-bond acceptors (Lipinski definition) is 7. The lowest BCUT2D eigenvalue weighted by molar-refractivity contribution is -0.277. The molecule has 5 N–H and O–H groups in total. The van der Waals surface area contributed by atoms with Gasteiger partial charge in [0.25, 0.3) is 0 Å². The van der Waals surface area contributed by atoms with Crippen LogP contribution in [0.4, 0.5) is 0 Å². The fraction of sp³-hybridized carbons (Fsp3) is 0.462. The van der Waals surface area contributed by atoms with Crippen molar-refractivity contribution in [2.75, 3.05) is 6.61 Å². The normalized spacial score (nSPS) is 32.7. The molecule has 0 aromatic heterocycles. The molecule has 1 aromatic rings. The zero-order valence-corrected chi connectivity index (χ0v) is 10.9. The van der Waals surface area contributed by atoms with Crippen molar-refractivity contribution in [3.8, 4) is 5.75 Å². The van der Waals surface area contributed by atoms with Crippen LogP contribution in [0.1, 0.15) is 10.4 Å². The van der Waals surface area contributed by atoms with E-state index in [1.54, 1.807) is 0 Å². The standard InChI is InChI=1S/C13H16O8/c14-5-8-9(15)10(16)11(17)13(21-8)20-7-4-2-1-3-6(7)12(18)19/h1-4,8-11,13-17H,5H2,(H,18,19)/t8-,9+,10+,11-,13?/m1/s1. The SMILES string of the molecule is O=C(O)c1ccccc1OC1O[C@H](CO)[C@H](O)[C@H](O)[C@H]1O. The molecule has 116 valence electrons. The van der Waals surface area contributed by atoms with Crippen molar-refractivity contribution in [2.24, 2.45) is 0 Å². The van der Waals surface area contributed by atoms with E-state index in [9.17, 15) is 20.1 Å². The van der Waals surface area contributed by atoms with Gasteiger partial charge in [-0.3, -0.25) is 0 Å². The van der Waals surface area contributed by atoms with Gasteiger partial charge in [-0.05, 0) is 12.1 Å². The van der Waals surface area contributed by atoms with Gasteiger partial charge in [0.2, 0.25) is 6.29 Å². The van der Waals surface area contributed by atoms with Crippen molar-refractivity contribution in [3.05, 3.63) is 29.8 Å². The van der Waals surface area contributed by atoms with Crippen LogP contribution in [0.2, 0.25) is 0 Å². The van der Waals surface area contributed by atoms with Crippen molar-refractivity contribution in [1.82, 2.24) is 0 Å². The molecule has 1 aliphatic heterocycles. The Balaban J connectivity index is 2.20. The molecule has 1 aromatic carbocycles. The van der Waals surface area contributed by atoms with Gasteiger partial charge in [0, 0.05) is 0 Å². The molecule has 0 spiro atoms. The minimum atomic E-state index is -1.59. The smallest absolute Gasteiger partial charge is 0.339 e. The summed E-state index contributed by atoms with van der Waals surface area (Å²) in [6, 6.07) is 5.71. The minimum absolute atomic E-state index is 0.0608. The molecule has 1 fully saturated rings. The lowest BCUT2D eigenvalue weighted by atomic mass is 9.99. The maximum Gasteiger partial charge on any atom is 0.339 e. The number of hydrogen-bond donors (Lipinski definition) is 5. The van der Waals surface area contributed by atoms with Crippen LogP contribution in [-0.2, 0) is 4.74 Å². The van der Waals surface area contributed by atoms with Gasteiger partial charge < -0.3 is 35.0 Å². The summed E-state index contributed by atoms with van der Waals surface area (Å²) in [5.41, 5.74) is -0.144. The maximum atomic E-state index is 11.1. The highest BCUT2D eigenvalue weighted by Gasteiger charge is 2.44. The van der Waals surface area contributed by atoms with E-state index in [1.165, 1.54) is 24.3 Å². The van der Waals surface area contributed by atoms with Gasteiger partial charge in [-0.25, -0.2) is 4.79 Å². The van der Waals surface area contributed by atoms with E-state index < -0.39 is 43.3 Å². The van der Waals surface area contributed by atoms with E-state index in [0.29, 0.717) is 0 Å². The Morgan fingerprint density at radius 2 is 1.81 bits per heavy atom. The lowest BCUT2D eigenvalue weighted by Crippen LogP contribution is -2.60. The Labute approximate surface area is 119 Å². The van der Waals surface area contributed by atoms with Gasteiger partial charge in [0.15, 0.2) is 0 Å². The summed E-state index contributed by atoms with van der Waals surface area (Å²) in [5.74, 6) is -1.29. The number of carbonyl (C=O) groups is 1. The third-order valence-corrected chi connectivity index (χ3v) is 3.21. The summed E-state index contributed by atoms with van der Waals surface area (Å²) in [6.07, 6.45) is -7.21. The maximum absolute atomic E-state index is 11.1. The van der Waals surface area contributed by atoms with Crippen LogP contribution in [-0.4, -0.2) is 68.8 Å². The molecule has 0 aliphatic carbocycles. The van der Waals surface area contributed by atoms with Gasteiger partial charge >= 0.3 is 5.97 Å². The molecule has 2 rings (SSSR count). The number of para-hydroxylation sites is 1. The molecule has 1 unspecified atom stereocenters. The van der Waals surface area contributed by atoms with Gasteiger partial charge in [-0.2, -0.15) is 0 Å². The molecule has 8 nitrogen and oxygen atoms in total. The van der Waals surface area contributed by atoms with Crippen LogP contribution in [0.15, 0.2) is 24.3 Å². The fourth-order valence-electron chi connectivity index (χ4n) is 2.04. The molecule has 0 saturated carbocycles. The summed E-state index contributed by atoms with van der Waals surface area (Å²) in [7, 11) is 0. The quantitative estimate of drug-likeness (QED) is 0.456. The van der Waals surface area contributed by atoms with Crippen LogP contribution < -0.4 is 4.74 Å². The number of aliphatic hydroxyl groups is 4. The second-order valence-corrected chi connectivity index (χ2v) is 4.62. The average Bonchev–Trinajstić information content (AvgIpc) is 2.48. The first-order chi connectivity index (χ1) is 9.95. The topological polar surface area (TPSA) is 137 Å². The van der Waals surface area contributed by atoms with Gasteiger partial charge in [-0.15, -0.1) is 0 Å². The number of ether oxygens (including phenoxy) is 2. The molecule has 21 heavy (non-hydrogen) atoms. The van der Waals surface area contributed by atoms with E-state index in [1.807, 2.05) is 0 Å². The summed E-state index contributed by atoms with van der Waals surface area (Å²) in [5, 5.41) is 47.2. The lowest BCUT2D eigenvalue weighted by Gasteiger charge is -2.39. The largest absolute Gasteiger partial charge is 0.478 e. The molecule has 8 heteroatoms. The third kappa shape index (κ3) is 3.14. The Hall–Kier alpha value is -1.71. The Morgan fingerprint density at radius 1 is 1.14 bits per heavy atom. The molecule has 5 atom stereocenters. The van der Waals surface area contributed by atoms with Crippen LogP contribution in [0, 0.1) is 0 Å². The first-order valence-corrected chi connectivity index (χ1v) is 6.25. The third-order valence-electron chi connectivity index (χ3n) is 3.21. The van der Waals surface area contributed by atoms with Crippen LogP contribution in [0.3, 0.4) is 0 Å². The highest BCUT2D eigenvalue weighted by Crippen LogP contribution is 2.26. The molecular formula is C13H16O8. The fourth-order valence-corrected chi connectivity index (χ4v) is 2.04. The van der Waals surface area contributed by atoms with E-state index in [2.05, 4.69) is 0 Å². The van der Waals surface area contributed by atoms with Crippen molar-refractivity contribution in [2.45, 2.75) is 30.7 Å². The zero-order chi connectivity index (χ0) is 15.6. The summed E-state index contributed by atoms with van der Waals surface area (Å²) in [4.78, 5) is 11.1. The Morgan fingerprint density at radius 3 is 2.43 bits per heavy atom. The van der Waals surface area contributed by atoms with E-state index in [0.717, 1.165) is 0 Å². The molecule has 0 radical (unpaired) electrons. The van der Waals surface area contributed by atoms with Gasteiger partial charge in [0.05, 0.1) is 6.61 Å². The van der Waals surface area contributed by atoms with Crippen LogP contribution in [0.5, 0.6) is 5.75 Å². The van der Waals surface area contributed by atoms with Crippen molar-refractivity contribution < 1.29 is 39.8 Å². The highest BCUT2D eigenvalue weighted by atomic mass is 16.7. The van der Waals surface area contributed by atoms with Crippen molar-refractivity contribution in [3.63, 3.8) is 0 Å². The number of benzene rings is 1. The van der Waals surface area contributed by atoms with Crippen molar-refractivity contribution in [1.29, 1.82) is 0 Å². The monoisotopic (exact) mass is 300 g/mol. The molecule has 1 heterocycles. The average molecular weight is 300 g/mol. The van der Waals surface area contributed by atoms with Crippen molar-refractivity contribution >= 4 is 5.97 Å². The van der Waals surface area contributed by atoms with E-state index >= 15 is 0 Å². The predicted molar refractivity (Wildman–Crippen MR) is 67.8 cm³/mol. The first kappa shape index (κ1) is 15.7. The van der Waals surface area contributed by atoms with E-state index in [-0.39, 0.29) is 11.3 Å². The molecular weight excluding hydrogens is 284 g/mol. The van der Waals surface area contributed by atoms with Crippen LogP contribution in [0.25, 0.3) is 0 Å². The summed E-state index contributed by atoms with van der Waals surface area (Å²) in [6.45, 7) is -0.592. The summed E-state index contributed by atoms with van der Waals surface area (Å²) < 4.78 is 10.4. The predicted octanol–water partition coefficient (Wildman–Crippen LogP) is -1.44. The molecule has 1 aliphatic rings. The second kappa shape index (κ2) is 6.37. The zero-order valence-electron chi connectivity index (χ0n) is 10.9. The van der Waals surface area contributed by atoms with Crippen LogP contribution >= 0.6 is 0 Å². The Bertz CT molecular complexity index is 503. The van der Waals surface area contributed by atoms with E-state index in [4.69, 9.17) is 19.7 Å². The number of aromatic carboxylic acids is 1. The Kier molecular flexibility index (Phi) is 4.76.